The van der Waals surface area contributed by atoms with Crippen molar-refractivity contribution in [3.05, 3.63) is 68.1 Å². The first-order valence-electron chi connectivity index (χ1n) is 5.06. The van der Waals surface area contributed by atoms with Gasteiger partial charge in [-0.2, -0.15) is 0 Å². The first-order valence-corrected chi connectivity index (χ1v) is 6.65. The van der Waals surface area contributed by atoms with Gasteiger partial charge in [-0.25, -0.2) is 8.78 Å². The van der Waals surface area contributed by atoms with Gasteiger partial charge in [0.05, 0.1) is 0 Å². The predicted octanol–water partition coefficient (Wildman–Crippen LogP) is 4.57. The highest BCUT2D eigenvalue weighted by molar-refractivity contribution is 9.11. The van der Waals surface area contributed by atoms with E-state index in [0.717, 1.165) is 22.7 Å². The van der Waals surface area contributed by atoms with Crippen LogP contribution in [-0.2, 0) is 0 Å². The van der Waals surface area contributed by atoms with E-state index >= 15 is 0 Å². The van der Waals surface area contributed by atoms with E-state index in [-0.39, 0.29) is 5.56 Å². The van der Waals surface area contributed by atoms with Crippen molar-refractivity contribution in [1.82, 2.24) is 0 Å². The van der Waals surface area contributed by atoms with Gasteiger partial charge < -0.3 is 5.11 Å². The van der Waals surface area contributed by atoms with Crippen LogP contribution in [0.15, 0.2) is 45.3 Å². The van der Waals surface area contributed by atoms with Crippen LogP contribution < -0.4 is 0 Å². The average Bonchev–Trinajstić information content (AvgIpc) is 2.30. The average molecular weight is 378 g/mol. The Morgan fingerprint density at radius 2 is 1.56 bits per heavy atom. The Hall–Kier alpha value is -0.780. The number of halogens is 4. The smallest absolute Gasteiger partial charge is 0.126 e. The second-order valence-corrected chi connectivity index (χ2v) is 5.54. The third kappa shape index (κ3) is 2.96. The van der Waals surface area contributed by atoms with Crippen LogP contribution in [-0.4, -0.2) is 5.11 Å². The summed E-state index contributed by atoms with van der Waals surface area (Å²) in [7, 11) is 0. The molecule has 0 aromatic heterocycles. The van der Waals surface area contributed by atoms with Crippen LogP contribution in [0.4, 0.5) is 8.78 Å². The van der Waals surface area contributed by atoms with Crippen LogP contribution in [0.25, 0.3) is 0 Å². The maximum atomic E-state index is 13.1. The third-order valence-corrected chi connectivity index (χ3v) is 3.67. The summed E-state index contributed by atoms with van der Waals surface area (Å²) in [6.07, 6.45) is -1.10. The van der Waals surface area contributed by atoms with Gasteiger partial charge in [-0.1, -0.05) is 31.9 Å². The van der Waals surface area contributed by atoms with Crippen LogP contribution >= 0.6 is 31.9 Å². The Labute approximate surface area is 120 Å². The maximum absolute atomic E-state index is 13.1. The van der Waals surface area contributed by atoms with E-state index in [2.05, 4.69) is 31.9 Å². The molecule has 0 bridgehead atoms. The van der Waals surface area contributed by atoms with Gasteiger partial charge in [0.1, 0.15) is 17.7 Å². The fourth-order valence-electron chi connectivity index (χ4n) is 1.64. The lowest BCUT2D eigenvalue weighted by atomic mass is 10.0. The molecule has 0 amide bonds. The molecule has 0 heterocycles. The van der Waals surface area contributed by atoms with E-state index in [0.29, 0.717) is 10.0 Å². The quantitative estimate of drug-likeness (QED) is 0.812. The van der Waals surface area contributed by atoms with Gasteiger partial charge in [-0.15, -0.1) is 0 Å². The van der Waals surface area contributed by atoms with E-state index < -0.39 is 17.7 Å². The van der Waals surface area contributed by atoms with Crippen molar-refractivity contribution < 1.29 is 13.9 Å². The topological polar surface area (TPSA) is 20.2 Å². The largest absolute Gasteiger partial charge is 0.384 e. The first-order chi connectivity index (χ1) is 8.47. The van der Waals surface area contributed by atoms with Crippen LogP contribution in [0.2, 0.25) is 0 Å². The molecule has 0 saturated carbocycles. The SMILES string of the molecule is OC(c1cc(F)cc(F)c1)c1cc(Br)ccc1Br. The molecule has 0 aliphatic heterocycles. The number of aliphatic hydroxyl groups excluding tert-OH is 1. The maximum Gasteiger partial charge on any atom is 0.126 e. The predicted molar refractivity (Wildman–Crippen MR) is 72.3 cm³/mol. The molecule has 94 valence electrons. The molecule has 2 rings (SSSR count). The Bertz CT molecular complexity index is 567. The minimum absolute atomic E-state index is 0.173. The summed E-state index contributed by atoms with van der Waals surface area (Å²) in [6, 6.07) is 8.23. The summed E-state index contributed by atoms with van der Waals surface area (Å²) in [5, 5.41) is 10.2. The lowest BCUT2D eigenvalue weighted by Gasteiger charge is -2.14. The van der Waals surface area contributed by atoms with Gasteiger partial charge in [0.2, 0.25) is 0 Å². The monoisotopic (exact) mass is 376 g/mol. The van der Waals surface area contributed by atoms with E-state index in [1.165, 1.54) is 0 Å². The lowest BCUT2D eigenvalue weighted by molar-refractivity contribution is 0.218. The number of benzene rings is 2. The van der Waals surface area contributed by atoms with Gasteiger partial charge in [-0.05, 0) is 35.9 Å². The minimum atomic E-state index is -1.10. The molecule has 1 unspecified atom stereocenters. The highest BCUT2D eigenvalue weighted by atomic mass is 79.9. The molecule has 1 N–H and O–H groups in total. The molecule has 2 aromatic carbocycles. The normalized spacial score (nSPS) is 12.5. The summed E-state index contributed by atoms with van der Waals surface area (Å²) < 4.78 is 27.7. The molecule has 0 saturated heterocycles. The van der Waals surface area contributed by atoms with Gasteiger partial charge in [-0.3, -0.25) is 0 Å². The second kappa shape index (κ2) is 5.47. The van der Waals surface area contributed by atoms with Crippen molar-refractivity contribution in [2.24, 2.45) is 0 Å². The van der Waals surface area contributed by atoms with Crippen LogP contribution in [0.3, 0.4) is 0 Å². The molecule has 18 heavy (non-hydrogen) atoms. The highest BCUT2D eigenvalue weighted by Crippen LogP contribution is 2.31. The molecule has 0 aliphatic rings. The Morgan fingerprint density at radius 3 is 2.17 bits per heavy atom. The summed E-state index contributed by atoms with van der Waals surface area (Å²) in [5.74, 6) is -1.43. The molecule has 0 fully saturated rings. The summed E-state index contributed by atoms with van der Waals surface area (Å²) >= 11 is 6.58. The number of hydrogen-bond donors (Lipinski definition) is 1. The van der Waals surface area contributed by atoms with Crippen molar-refractivity contribution in [2.45, 2.75) is 6.10 Å². The van der Waals surface area contributed by atoms with E-state index in [1.54, 1.807) is 18.2 Å². The van der Waals surface area contributed by atoms with Gasteiger partial charge in [0.15, 0.2) is 0 Å². The number of hydrogen-bond acceptors (Lipinski definition) is 1. The molecule has 0 spiro atoms. The first kappa shape index (κ1) is 13.6. The van der Waals surface area contributed by atoms with E-state index in [4.69, 9.17) is 0 Å². The molecule has 1 atom stereocenters. The molecule has 5 heteroatoms. The van der Waals surface area contributed by atoms with Gasteiger partial charge in [0, 0.05) is 20.6 Å². The molecular weight excluding hydrogens is 370 g/mol. The molecular formula is C13H8Br2F2O. The van der Waals surface area contributed by atoms with Crippen molar-refractivity contribution >= 4 is 31.9 Å². The molecule has 2 aromatic rings. The second-order valence-electron chi connectivity index (χ2n) is 3.77. The fraction of sp³-hybridized carbons (Fsp3) is 0.0769. The Morgan fingerprint density at radius 1 is 0.944 bits per heavy atom. The fourth-order valence-corrected chi connectivity index (χ4v) is 2.48. The lowest BCUT2D eigenvalue weighted by Crippen LogP contribution is -2.02. The standard InChI is InChI=1S/C13H8Br2F2O/c14-8-1-2-12(15)11(5-8)13(18)7-3-9(16)6-10(17)4-7/h1-6,13,18H. The molecule has 1 nitrogen and oxygen atoms in total. The number of rotatable bonds is 2. The van der Waals surface area contributed by atoms with Crippen LogP contribution in [0.5, 0.6) is 0 Å². The zero-order valence-corrected chi connectivity index (χ0v) is 12.2. The Balaban J connectivity index is 2.47. The minimum Gasteiger partial charge on any atom is -0.384 e. The van der Waals surface area contributed by atoms with Crippen molar-refractivity contribution in [3.63, 3.8) is 0 Å². The van der Waals surface area contributed by atoms with Crippen molar-refractivity contribution in [2.75, 3.05) is 0 Å². The van der Waals surface area contributed by atoms with Gasteiger partial charge in [0.25, 0.3) is 0 Å². The highest BCUT2D eigenvalue weighted by Gasteiger charge is 2.16. The van der Waals surface area contributed by atoms with E-state index in [9.17, 15) is 13.9 Å². The van der Waals surface area contributed by atoms with Crippen molar-refractivity contribution in [1.29, 1.82) is 0 Å². The van der Waals surface area contributed by atoms with Crippen molar-refractivity contribution in [3.8, 4) is 0 Å². The van der Waals surface area contributed by atoms with E-state index in [1.807, 2.05) is 0 Å². The molecule has 0 aliphatic carbocycles. The summed E-state index contributed by atoms with van der Waals surface area (Å²) in [5.41, 5.74) is 0.709. The zero-order chi connectivity index (χ0) is 13.3. The van der Waals surface area contributed by atoms with Crippen LogP contribution in [0, 0.1) is 11.6 Å². The molecule has 0 radical (unpaired) electrons. The summed E-state index contributed by atoms with van der Waals surface area (Å²) in [6.45, 7) is 0. The van der Waals surface area contributed by atoms with Crippen LogP contribution in [0.1, 0.15) is 17.2 Å². The Kier molecular flexibility index (Phi) is 4.14. The third-order valence-electron chi connectivity index (χ3n) is 2.45. The zero-order valence-electron chi connectivity index (χ0n) is 9.00. The summed E-state index contributed by atoms with van der Waals surface area (Å²) in [4.78, 5) is 0. The number of aliphatic hydroxyl groups is 1. The van der Waals surface area contributed by atoms with Gasteiger partial charge >= 0.3 is 0 Å².